The average molecular weight is 403 g/mol. The summed E-state index contributed by atoms with van der Waals surface area (Å²) in [6.07, 6.45) is 1.17. The Morgan fingerprint density at radius 1 is 1.20 bits per heavy atom. The standard InChI is InChI=1S/C23H25N5O2/c1-16-10-11-19(13-17(16)2)30-15-22(29)26-12-6-9-21-20(14-24)23(25)28(27-21)18-7-4-3-5-8-18/h3-5,7-8,10-11,13H,6,9,12,15,25H2,1-2H3,(H,26,29). The van der Waals surface area contributed by atoms with Gasteiger partial charge in [-0.1, -0.05) is 24.3 Å². The van der Waals surface area contributed by atoms with Crippen LogP contribution in [0.15, 0.2) is 48.5 Å². The van der Waals surface area contributed by atoms with E-state index < -0.39 is 0 Å². The molecule has 0 radical (unpaired) electrons. The number of nitrogen functional groups attached to an aromatic ring is 1. The summed E-state index contributed by atoms with van der Waals surface area (Å²) in [5, 5.41) is 16.8. The fraction of sp³-hybridized carbons (Fsp3) is 0.261. The lowest BCUT2D eigenvalue weighted by Crippen LogP contribution is -2.30. The van der Waals surface area contributed by atoms with Crippen molar-refractivity contribution in [3.63, 3.8) is 0 Å². The molecular formula is C23H25N5O2. The number of hydrogen-bond donors (Lipinski definition) is 2. The van der Waals surface area contributed by atoms with Crippen LogP contribution in [-0.4, -0.2) is 28.8 Å². The van der Waals surface area contributed by atoms with Gasteiger partial charge in [-0.3, -0.25) is 4.79 Å². The van der Waals surface area contributed by atoms with Gasteiger partial charge in [-0.25, -0.2) is 4.68 Å². The summed E-state index contributed by atoms with van der Waals surface area (Å²) < 4.78 is 7.11. The Bertz CT molecular complexity index is 1070. The number of rotatable bonds is 8. The second kappa shape index (κ2) is 9.61. The molecule has 0 saturated carbocycles. The highest BCUT2D eigenvalue weighted by Gasteiger charge is 2.16. The number of nitrogens with two attached hydrogens (primary N) is 1. The van der Waals surface area contributed by atoms with Gasteiger partial charge in [0.15, 0.2) is 6.61 Å². The van der Waals surface area contributed by atoms with Gasteiger partial charge in [0.2, 0.25) is 0 Å². The number of hydrogen-bond acceptors (Lipinski definition) is 5. The topological polar surface area (TPSA) is 106 Å². The van der Waals surface area contributed by atoms with Gasteiger partial charge in [-0.15, -0.1) is 0 Å². The summed E-state index contributed by atoms with van der Waals surface area (Å²) in [6.45, 7) is 4.45. The Morgan fingerprint density at radius 3 is 2.67 bits per heavy atom. The monoisotopic (exact) mass is 403 g/mol. The van der Waals surface area contributed by atoms with E-state index in [0.29, 0.717) is 42.2 Å². The van der Waals surface area contributed by atoms with Crippen LogP contribution < -0.4 is 15.8 Å². The van der Waals surface area contributed by atoms with E-state index in [2.05, 4.69) is 16.5 Å². The molecule has 0 aliphatic carbocycles. The van der Waals surface area contributed by atoms with Gasteiger partial charge in [0.05, 0.1) is 11.4 Å². The smallest absolute Gasteiger partial charge is 0.257 e. The number of anilines is 1. The third-order valence-electron chi connectivity index (χ3n) is 4.87. The zero-order chi connectivity index (χ0) is 21.5. The van der Waals surface area contributed by atoms with Gasteiger partial charge in [-0.2, -0.15) is 10.4 Å². The summed E-state index contributed by atoms with van der Waals surface area (Å²) in [5.74, 6) is 0.807. The second-order valence-corrected chi connectivity index (χ2v) is 7.05. The summed E-state index contributed by atoms with van der Waals surface area (Å²) >= 11 is 0. The van der Waals surface area contributed by atoms with Crippen molar-refractivity contribution in [3.8, 4) is 17.5 Å². The van der Waals surface area contributed by atoms with Crippen molar-refractivity contribution in [3.05, 3.63) is 70.9 Å². The molecule has 0 fully saturated rings. The van der Waals surface area contributed by atoms with E-state index in [4.69, 9.17) is 10.5 Å². The van der Waals surface area contributed by atoms with Crippen molar-refractivity contribution < 1.29 is 9.53 Å². The minimum atomic E-state index is -0.192. The maximum Gasteiger partial charge on any atom is 0.257 e. The fourth-order valence-electron chi connectivity index (χ4n) is 3.03. The van der Waals surface area contributed by atoms with E-state index in [-0.39, 0.29) is 12.5 Å². The molecule has 1 heterocycles. The van der Waals surface area contributed by atoms with E-state index in [0.717, 1.165) is 11.3 Å². The maximum absolute atomic E-state index is 12.0. The molecule has 7 nitrogen and oxygen atoms in total. The molecule has 2 aromatic carbocycles. The highest BCUT2D eigenvalue weighted by Crippen LogP contribution is 2.21. The van der Waals surface area contributed by atoms with E-state index in [9.17, 15) is 10.1 Å². The average Bonchev–Trinajstić information content (AvgIpc) is 3.08. The molecule has 3 aromatic rings. The van der Waals surface area contributed by atoms with E-state index in [1.54, 1.807) is 4.68 Å². The van der Waals surface area contributed by atoms with Gasteiger partial charge >= 0.3 is 0 Å². The molecule has 0 saturated heterocycles. The number of ether oxygens (including phenoxy) is 1. The molecule has 3 N–H and O–H groups in total. The Labute approximate surface area is 176 Å². The minimum Gasteiger partial charge on any atom is -0.484 e. The van der Waals surface area contributed by atoms with Crippen LogP contribution in [0.2, 0.25) is 0 Å². The number of nitrogens with zero attached hydrogens (tertiary/aromatic N) is 3. The molecule has 7 heteroatoms. The molecule has 0 atom stereocenters. The number of nitriles is 1. The van der Waals surface area contributed by atoms with Crippen molar-refractivity contribution in [1.29, 1.82) is 5.26 Å². The molecule has 1 aromatic heterocycles. The van der Waals surface area contributed by atoms with Crippen molar-refractivity contribution >= 4 is 11.7 Å². The molecule has 0 aliphatic heterocycles. The van der Waals surface area contributed by atoms with Crippen LogP contribution in [0.4, 0.5) is 5.82 Å². The second-order valence-electron chi connectivity index (χ2n) is 7.05. The van der Waals surface area contributed by atoms with E-state index >= 15 is 0 Å². The van der Waals surface area contributed by atoms with Gasteiger partial charge in [-0.05, 0) is 62.1 Å². The molecule has 3 rings (SSSR count). The van der Waals surface area contributed by atoms with Gasteiger partial charge in [0.25, 0.3) is 5.91 Å². The lowest BCUT2D eigenvalue weighted by Gasteiger charge is -2.09. The van der Waals surface area contributed by atoms with Crippen LogP contribution in [0.5, 0.6) is 5.75 Å². The number of nitrogens with one attached hydrogen (secondary N) is 1. The van der Waals surface area contributed by atoms with E-state index in [1.807, 2.05) is 62.4 Å². The third-order valence-corrected chi connectivity index (χ3v) is 4.87. The Kier molecular flexibility index (Phi) is 6.71. The van der Waals surface area contributed by atoms with E-state index in [1.165, 1.54) is 5.56 Å². The molecule has 154 valence electrons. The fourth-order valence-corrected chi connectivity index (χ4v) is 3.03. The number of carbonyl (C=O) groups is 1. The van der Waals surface area contributed by atoms with Crippen molar-refractivity contribution in [2.45, 2.75) is 26.7 Å². The minimum absolute atomic E-state index is 0.0401. The quantitative estimate of drug-likeness (QED) is 0.562. The van der Waals surface area contributed by atoms with Crippen LogP contribution in [0.3, 0.4) is 0 Å². The number of para-hydroxylation sites is 1. The Balaban J connectivity index is 1.50. The van der Waals surface area contributed by atoms with Crippen LogP contribution in [0.25, 0.3) is 5.69 Å². The summed E-state index contributed by atoms with van der Waals surface area (Å²) in [7, 11) is 0. The lowest BCUT2D eigenvalue weighted by atomic mass is 10.1. The zero-order valence-corrected chi connectivity index (χ0v) is 17.2. The number of aromatic nitrogens is 2. The van der Waals surface area contributed by atoms with Crippen LogP contribution in [-0.2, 0) is 11.2 Å². The maximum atomic E-state index is 12.0. The molecule has 0 unspecified atom stereocenters. The first-order valence-electron chi connectivity index (χ1n) is 9.79. The van der Waals surface area contributed by atoms with Crippen LogP contribution >= 0.6 is 0 Å². The largest absolute Gasteiger partial charge is 0.484 e. The normalized spacial score (nSPS) is 10.4. The third kappa shape index (κ3) is 4.97. The van der Waals surface area contributed by atoms with Gasteiger partial charge in [0.1, 0.15) is 23.2 Å². The Morgan fingerprint density at radius 2 is 1.97 bits per heavy atom. The lowest BCUT2D eigenvalue weighted by molar-refractivity contribution is -0.123. The summed E-state index contributed by atoms with van der Waals surface area (Å²) in [6, 6.07) is 17.3. The SMILES string of the molecule is Cc1ccc(OCC(=O)NCCCc2nn(-c3ccccc3)c(N)c2C#N)cc1C. The van der Waals surface area contributed by atoms with Crippen LogP contribution in [0, 0.1) is 25.2 Å². The highest BCUT2D eigenvalue weighted by atomic mass is 16.5. The predicted octanol–water partition coefficient (Wildman–Crippen LogP) is 3.07. The van der Waals surface area contributed by atoms with Crippen LogP contribution in [0.1, 0.15) is 28.8 Å². The first kappa shape index (κ1) is 20.9. The zero-order valence-electron chi connectivity index (χ0n) is 17.2. The Hall–Kier alpha value is -3.79. The molecular weight excluding hydrogens is 378 g/mol. The van der Waals surface area contributed by atoms with Gasteiger partial charge in [0, 0.05) is 6.54 Å². The number of carbonyl (C=O) groups excluding carboxylic acids is 1. The summed E-state index contributed by atoms with van der Waals surface area (Å²) in [4.78, 5) is 12.0. The van der Waals surface area contributed by atoms with Crippen molar-refractivity contribution in [2.75, 3.05) is 18.9 Å². The number of amides is 1. The van der Waals surface area contributed by atoms with Gasteiger partial charge < -0.3 is 15.8 Å². The highest BCUT2D eigenvalue weighted by molar-refractivity contribution is 5.77. The number of benzene rings is 2. The molecule has 0 bridgehead atoms. The van der Waals surface area contributed by atoms with Crippen molar-refractivity contribution in [1.82, 2.24) is 15.1 Å². The first-order chi connectivity index (χ1) is 14.5. The molecule has 0 spiro atoms. The molecule has 30 heavy (non-hydrogen) atoms. The molecule has 1 amide bonds. The summed E-state index contributed by atoms with van der Waals surface area (Å²) in [5.41, 5.74) is 10.2. The van der Waals surface area contributed by atoms with Crippen molar-refractivity contribution in [2.24, 2.45) is 0 Å². The predicted molar refractivity (Wildman–Crippen MR) is 115 cm³/mol. The number of aryl methyl sites for hydroxylation is 3. The molecule has 0 aliphatic rings. The first-order valence-corrected chi connectivity index (χ1v) is 9.79.